The van der Waals surface area contributed by atoms with E-state index in [4.69, 9.17) is 5.11 Å². The molecule has 0 fully saturated rings. The van der Waals surface area contributed by atoms with Crippen LogP contribution in [0.25, 0.3) is 0 Å². The molecule has 0 spiro atoms. The number of hydrogen-bond donors (Lipinski definition) is 3. The third kappa shape index (κ3) is 4.40. The van der Waals surface area contributed by atoms with E-state index in [-0.39, 0.29) is 24.9 Å². The van der Waals surface area contributed by atoms with Crippen LogP contribution in [0.4, 0.5) is 5.69 Å². The van der Waals surface area contributed by atoms with E-state index in [9.17, 15) is 15.2 Å². The van der Waals surface area contributed by atoms with Crippen LogP contribution in [0, 0.1) is 10.1 Å². The van der Waals surface area contributed by atoms with E-state index in [1.807, 2.05) is 6.92 Å². The molecule has 3 N–H and O–H groups in total. The zero-order valence-electron chi connectivity index (χ0n) is 10.2. The summed E-state index contributed by atoms with van der Waals surface area (Å²) in [6.45, 7) is 2.41. The number of aromatic nitrogens is 2. The molecule has 1 aromatic rings. The van der Waals surface area contributed by atoms with Gasteiger partial charge in [-0.25, -0.2) is 0 Å². The minimum absolute atomic E-state index is 0.0104. The molecule has 1 aromatic heterocycles. The van der Waals surface area contributed by atoms with E-state index in [0.717, 1.165) is 12.6 Å². The van der Waals surface area contributed by atoms with Crippen molar-refractivity contribution >= 4 is 5.69 Å². The van der Waals surface area contributed by atoms with Gasteiger partial charge in [-0.3, -0.25) is 14.8 Å². The smallest absolute Gasteiger partial charge is 0.306 e. The second-order valence-corrected chi connectivity index (χ2v) is 4.03. The average Bonchev–Trinajstić information content (AvgIpc) is 2.79. The van der Waals surface area contributed by atoms with Gasteiger partial charge in [0.1, 0.15) is 12.4 Å². The lowest BCUT2D eigenvalue weighted by atomic mass is 10.2. The Balaban J connectivity index is 2.39. The van der Waals surface area contributed by atoms with Gasteiger partial charge in [0.05, 0.1) is 24.2 Å². The van der Waals surface area contributed by atoms with E-state index < -0.39 is 11.0 Å². The lowest BCUT2D eigenvalue weighted by Crippen LogP contribution is -2.39. The molecule has 0 aliphatic carbocycles. The first-order chi connectivity index (χ1) is 8.56. The molecule has 18 heavy (non-hydrogen) atoms. The van der Waals surface area contributed by atoms with Crippen molar-refractivity contribution in [2.45, 2.75) is 32.0 Å². The molecule has 0 aromatic carbocycles. The second-order valence-electron chi connectivity index (χ2n) is 4.03. The second kappa shape index (κ2) is 7.04. The average molecular weight is 258 g/mol. The highest BCUT2D eigenvalue weighted by atomic mass is 16.6. The molecule has 102 valence electrons. The van der Waals surface area contributed by atoms with E-state index in [2.05, 4.69) is 10.4 Å². The molecular formula is C10H18N4O4. The lowest BCUT2D eigenvalue weighted by molar-refractivity contribution is -0.385. The predicted octanol–water partition coefficient (Wildman–Crippen LogP) is -0.487. The number of nitrogens with one attached hydrogen (secondary N) is 1. The van der Waals surface area contributed by atoms with Gasteiger partial charge in [0.25, 0.3) is 0 Å². The Morgan fingerprint density at radius 1 is 1.67 bits per heavy atom. The summed E-state index contributed by atoms with van der Waals surface area (Å²) in [6.07, 6.45) is 2.45. The van der Waals surface area contributed by atoms with E-state index in [1.165, 1.54) is 10.9 Å². The van der Waals surface area contributed by atoms with Gasteiger partial charge in [-0.05, 0) is 6.42 Å². The summed E-state index contributed by atoms with van der Waals surface area (Å²) in [4.78, 5) is 9.91. The summed E-state index contributed by atoms with van der Waals surface area (Å²) in [5, 5.41) is 35.9. The van der Waals surface area contributed by atoms with Crippen molar-refractivity contribution in [1.82, 2.24) is 15.1 Å². The summed E-state index contributed by atoms with van der Waals surface area (Å²) in [5.74, 6) is 0. The standard InChI is InChI=1S/C10H18N4O4/c1-2-8(7-15)11-4-10(16)6-13-5-9(3-12-13)14(17)18/h3,5,8,10-11,15-16H,2,4,6-7H2,1H3. The molecule has 8 heteroatoms. The normalized spacial score (nSPS) is 14.4. The Morgan fingerprint density at radius 3 is 2.89 bits per heavy atom. The van der Waals surface area contributed by atoms with Crippen molar-refractivity contribution in [2.75, 3.05) is 13.2 Å². The number of nitrogens with zero attached hydrogens (tertiary/aromatic N) is 3. The molecule has 2 atom stereocenters. The van der Waals surface area contributed by atoms with Crippen molar-refractivity contribution in [3.8, 4) is 0 Å². The molecule has 0 saturated carbocycles. The molecular weight excluding hydrogens is 240 g/mol. The molecule has 0 saturated heterocycles. The van der Waals surface area contributed by atoms with Crippen LogP contribution in [0.2, 0.25) is 0 Å². The largest absolute Gasteiger partial charge is 0.395 e. The van der Waals surface area contributed by atoms with Crippen LogP contribution < -0.4 is 5.32 Å². The van der Waals surface area contributed by atoms with Crippen molar-refractivity contribution < 1.29 is 15.1 Å². The molecule has 0 amide bonds. The van der Waals surface area contributed by atoms with Crippen LogP contribution >= 0.6 is 0 Å². The summed E-state index contributed by atoms with van der Waals surface area (Å²) in [5.41, 5.74) is -0.100. The molecule has 0 radical (unpaired) electrons. The van der Waals surface area contributed by atoms with Gasteiger partial charge in [-0.2, -0.15) is 5.10 Å². The van der Waals surface area contributed by atoms with E-state index >= 15 is 0 Å². The Hall–Kier alpha value is -1.51. The van der Waals surface area contributed by atoms with Gasteiger partial charge < -0.3 is 15.5 Å². The quantitative estimate of drug-likeness (QED) is 0.428. The van der Waals surface area contributed by atoms with Crippen molar-refractivity contribution in [1.29, 1.82) is 0 Å². The fourth-order valence-electron chi connectivity index (χ4n) is 1.47. The zero-order valence-corrected chi connectivity index (χ0v) is 10.2. The van der Waals surface area contributed by atoms with Gasteiger partial charge in [0, 0.05) is 12.6 Å². The van der Waals surface area contributed by atoms with Crippen LogP contribution in [0.3, 0.4) is 0 Å². The van der Waals surface area contributed by atoms with Gasteiger partial charge in [0.15, 0.2) is 0 Å². The highest BCUT2D eigenvalue weighted by Crippen LogP contribution is 2.07. The molecule has 1 heterocycles. The maximum atomic E-state index is 10.4. The topological polar surface area (TPSA) is 113 Å². The summed E-state index contributed by atoms with van der Waals surface area (Å²) in [7, 11) is 0. The van der Waals surface area contributed by atoms with Crippen LogP contribution in [-0.4, -0.2) is 50.2 Å². The number of aliphatic hydroxyl groups excluding tert-OH is 2. The minimum atomic E-state index is -0.717. The maximum Gasteiger partial charge on any atom is 0.306 e. The monoisotopic (exact) mass is 258 g/mol. The Labute approximate surface area is 104 Å². The van der Waals surface area contributed by atoms with E-state index in [0.29, 0.717) is 6.54 Å². The maximum absolute atomic E-state index is 10.4. The highest BCUT2D eigenvalue weighted by molar-refractivity contribution is 5.20. The number of hydrogen-bond acceptors (Lipinski definition) is 6. The Kier molecular flexibility index (Phi) is 5.69. The molecule has 8 nitrogen and oxygen atoms in total. The fraction of sp³-hybridized carbons (Fsp3) is 0.700. The number of rotatable bonds is 8. The Bertz CT molecular complexity index is 378. The van der Waals surface area contributed by atoms with Crippen molar-refractivity contribution in [3.05, 3.63) is 22.5 Å². The summed E-state index contributed by atoms with van der Waals surface area (Å²) in [6, 6.07) is -0.0494. The summed E-state index contributed by atoms with van der Waals surface area (Å²) >= 11 is 0. The van der Waals surface area contributed by atoms with Gasteiger partial charge in [-0.15, -0.1) is 0 Å². The van der Waals surface area contributed by atoms with Gasteiger partial charge in [-0.1, -0.05) is 6.92 Å². The predicted molar refractivity (Wildman–Crippen MR) is 64.1 cm³/mol. The third-order valence-electron chi connectivity index (χ3n) is 2.58. The van der Waals surface area contributed by atoms with Crippen LogP contribution in [0.1, 0.15) is 13.3 Å². The fourth-order valence-corrected chi connectivity index (χ4v) is 1.47. The van der Waals surface area contributed by atoms with E-state index in [1.54, 1.807) is 0 Å². The molecule has 1 rings (SSSR count). The van der Waals surface area contributed by atoms with Crippen molar-refractivity contribution in [3.63, 3.8) is 0 Å². The molecule has 0 aliphatic rings. The Morgan fingerprint density at radius 2 is 2.39 bits per heavy atom. The first-order valence-electron chi connectivity index (χ1n) is 5.76. The number of aliphatic hydroxyl groups is 2. The lowest BCUT2D eigenvalue weighted by Gasteiger charge is -2.17. The minimum Gasteiger partial charge on any atom is -0.395 e. The highest BCUT2D eigenvalue weighted by Gasteiger charge is 2.13. The van der Waals surface area contributed by atoms with Crippen LogP contribution in [0.5, 0.6) is 0 Å². The molecule has 0 aliphatic heterocycles. The van der Waals surface area contributed by atoms with Gasteiger partial charge in [0.2, 0.25) is 0 Å². The van der Waals surface area contributed by atoms with Crippen LogP contribution in [-0.2, 0) is 6.54 Å². The third-order valence-corrected chi connectivity index (χ3v) is 2.58. The van der Waals surface area contributed by atoms with Crippen LogP contribution in [0.15, 0.2) is 12.4 Å². The summed E-state index contributed by atoms with van der Waals surface area (Å²) < 4.78 is 1.32. The van der Waals surface area contributed by atoms with Crippen molar-refractivity contribution in [2.24, 2.45) is 0 Å². The first-order valence-corrected chi connectivity index (χ1v) is 5.76. The molecule has 2 unspecified atom stereocenters. The SMILES string of the molecule is CCC(CO)NCC(O)Cn1cc([N+](=O)[O-])cn1. The van der Waals surface area contributed by atoms with Gasteiger partial charge >= 0.3 is 5.69 Å². The zero-order chi connectivity index (χ0) is 13.5. The number of nitro groups is 1. The first kappa shape index (κ1) is 14.6. The molecule has 0 bridgehead atoms.